The quantitative estimate of drug-likeness (QED) is 0.588. The van der Waals surface area contributed by atoms with Crippen LogP contribution in [0.3, 0.4) is 0 Å². The number of methoxy groups -OCH3 is 1. The lowest BCUT2D eigenvalue weighted by Crippen LogP contribution is -2.50. The van der Waals surface area contributed by atoms with Crippen molar-refractivity contribution >= 4 is 39.1 Å². The Balaban J connectivity index is 2.39. The van der Waals surface area contributed by atoms with E-state index in [0.29, 0.717) is 11.3 Å². The summed E-state index contributed by atoms with van der Waals surface area (Å²) in [5, 5.41) is 2.65. The van der Waals surface area contributed by atoms with Gasteiger partial charge >= 0.3 is 0 Å². The van der Waals surface area contributed by atoms with Crippen LogP contribution < -0.4 is 14.4 Å². The summed E-state index contributed by atoms with van der Waals surface area (Å²) in [5.74, 6) is -1.14. The van der Waals surface area contributed by atoms with Crippen molar-refractivity contribution < 1.29 is 27.1 Å². The SMILES string of the molecule is CNC(=O)[C@H](C)N(Cc1ccc(F)cc1)C(=O)CN(c1ccc(OC)c(Cl)c1)S(C)(=O)=O. The zero-order valence-electron chi connectivity index (χ0n) is 18.1. The summed E-state index contributed by atoms with van der Waals surface area (Å²) in [6.45, 7) is 0.938. The lowest BCUT2D eigenvalue weighted by atomic mass is 10.1. The minimum atomic E-state index is -3.88. The van der Waals surface area contributed by atoms with Gasteiger partial charge in [-0.1, -0.05) is 23.7 Å². The average molecular weight is 486 g/mol. The normalized spacial score (nSPS) is 12.1. The molecular formula is C21H25ClFN3O5S. The first-order chi connectivity index (χ1) is 15.0. The largest absolute Gasteiger partial charge is 0.495 e. The van der Waals surface area contributed by atoms with Gasteiger partial charge in [0.1, 0.15) is 24.2 Å². The Morgan fingerprint density at radius 3 is 2.31 bits per heavy atom. The molecule has 0 aliphatic heterocycles. The predicted octanol–water partition coefficient (Wildman–Crippen LogP) is 2.42. The molecule has 0 aliphatic carbocycles. The van der Waals surface area contributed by atoms with Crippen molar-refractivity contribution in [3.8, 4) is 5.75 Å². The molecule has 11 heteroatoms. The number of hydrogen-bond acceptors (Lipinski definition) is 5. The van der Waals surface area contributed by atoms with E-state index in [4.69, 9.17) is 16.3 Å². The lowest BCUT2D eigenvalue weighted by Gasteiger charge is -2.31. The number of hydrogen-bond donors (Lipinski definition) is 1. The summed E-state index contributed by atoms with van der Waals surface area (Å²) in [4.78, 5) is 26.7. The van der Waals surface area contributed by atoms with E-state index in [0.717, 1.165) is 10.6 Å². The molecule has 0 aliphatic rings. The maximum absolute atomic E-state index is 13.3. The Labute approximate surface area is 192 Å². The molecule has 1 N–H and O–H groups in total. The second-order valence-corrected chi connectivity index (χ2v) is 9.34. The summed E-state index contributed by atoms with van der Waals surface area (Å²) >= 11 is 6.13. The van der Waals surface area contributed by atoms with Crippen LogP contribution >= 0.6 is 11.6 Å². The minimum absolute atomic E-state index is 0.0192. The van der Waals surface area contributed by atoms with E-state index in [1.807, 2.05) is 0 Å². The first-order valence-corrected chi connectivity index (χ1v) is 11.8. The van der Waals surface area contributed by atoms with Crippen LogP contribution in [0.5, 0.6) is 5.75 Å². The fraction of sp³-hybridized carbons (Fsp3) is 0.333. The predicted molar refractivity (Wildman–Crippen MR) is 121 cm³/mol. The first-order valence-electron chi connectivity index (χ1n) is 9.54. The van der Waals surface area contributed by atoms with E-state index in [9.17, 15) is 22.4 Å². The van der Waals surface area contributed by atoms with E-state index >= 15 is 0 Å². The van der Waals surface area contributed by atoms with Crippen molar-refractivity contribution in [1.82, 2.24) is 10.2 Å². The third kappa shape index (κ3) is 6.33. The molecule has 174 valence electrons. The Hall–Kier alpha value is -2.85. The average Bonchev–Trinajstić information content (AvgIpc) is 2.75. The highest BCUT2D eigenvalue weighted by atomic mass is 35.5. The highest BCUT2D eigenvalue weighted by Crippen LogP contribution is 2.30. The number of carbonyl (C=O) groups is 2. The van der Waals surface area contributed by atoms with Crippen LogP contribution in [0.4, 0.5) is 10.1 Å². The maximum atomic E-state index is 13.3. The van der Waals surface area contributed by atoms with Gasteiger partial charge in [-0.15, -0.1) is 0 Å². The summed E-state index contributed by atoms with van der Waals surface area (Å²) < 4.78 is 44.2. The Bertz CT molecular complexity index is 1080. The number of nitrogens with one attached hydrogen (secondary N) is 1. The van der Waals surface area contributed by atoms with E-state index in [1.165, 1.54) is 68.4 Å². The van der Waals surface area contributed by atoms with Gasteiger partial charge in [0.25, 0.3) is 0 Å². The standard InChI is InChI=1S/C21H25ClFN3O5S/c1-14(21(28)24-2)25(12-15-5-7-16(23)8-6-15)20(27)13-26(32(4,29)30)17-9-10-19(31-3)18(22)11-17/h5-11,14H,12-13H2,1-4H3,(H,24,28)/t14-/m0/s1. The fourth-order valence-electron chi connectivity index (χ4n) is 3.00. The monoisotopic (exact) mass is 485 g/mol. The molecular weight excluding hydrogens is 461 g/mol. The van der Waals surface area contributed by atoms with Crippen molar-refractivity contribution in [1.29, 1.82) is 0 Å². The van der Waals surface area contributed by atoms with Crippen LogP contribution in [0.1, 0.15) is 12.5 Å². The summed E-state index contributed by atoms with van der Waals surface area (Å²) in [7, 11) is -1.02. The Morgan fingerprint density at radius 2 is 1.81 bits per heavy atom. The van der Waals surface area contributed by atoms with Crippen LogP contribution in [0.15, 0.2) is 42.5 Å². The molecule has 0 saturated heterocycles. The van der Waals surface area contributed by atoms with E-state index in [1.54, 1.807) is 0 Å². The number of rotatable bonds is 9. The van der Waals surface area contributed by atoms with Gasteiger partial charge in [-0.3, -0.25) is 13.9 Å². The second kappa shape index (κ2) is 10.6. The minimum Gasteiger partial charge on any atom is -0.495 e. The molecule has 0 spiro atoms. The van der Waals surface area contributed by atoms with Gasteiger partial charge in [0.15, 0.2) is 0 Å². The van der Waals surface area contributed by atoms with Crippen LogP contribution in [0.2, 0.25) is 5.02 Å². The van der Waals surface area contributed by atoms with E-state index < -0.39 is 40.2 Å². The molecule has 0 unspecified atom stereocenters. The number of sulfonamides is 1. The first kappa shape index (κ1) is 25.4. The highest BCUT2D eigenvalue weighted by molar-refractivity contribution is 7.92. The number of likely N-dealkylation sites (N-methyl/N-ethyl adjacent to an activating group) is 1. The number of anilines is 1. The molecule has 2 aromatic rings. The van der Waals surface area contributed by atoms with Gasteiger partial charge < -0.3 is 15.0 Å². The van der Waals surface area contributed by atoms with Gasteiger partial charge in [0, 0.05) is 13.6 Å². The molecule has 8 nitrogen and oxygen atoms in total. The maximum Gasteiger partial charge on any atom is 0.244 e. The van der Waals surface area contributed by atoms with Crippen LogP contribution in [-0.4, -0.2) is 58.1 Å². The molecule has 2 rings (SSSR count). The molecule has 0 heterocycles. The van der Waals surface area contributed by atoms with Crippen molar-refractivity contribution in [2.75, 3.05) is 31.3 Å². The molecule has 2 amide bonds. The van der Waals surface area contributed by atoms with Crippen molar-refractivity contribution in [2.24, 2.45) is 0 Å². The number of carbonyl (C=O) groups excluding carboxylic acids is 2. The summed E-state index contributed by atoms with van der Waals surface area (Å²) in [6.07, 6.45) is 0.963. The fourth-order valence-corrected chi connectivity index (χ4v) is 4.10. The molecule has 0 saturated carbocycles. The van der Waals surface area contributed by atoms with Gasteiger partial charge in [-0.05, 0) is 42.8 Å². The Kier molecular flexibility index (Phi) is 8.45. The third-order valence-electron chi connectivity index (χ3n) is 4.78. The van der Waals surface area contributed by atoms with Gasteiger partial charge in [0.05, 0.1) is 24.1 Å². The molecule has 0 bridgehead atoms. The number of amides is 2. The summed E-state index contributed by atoms with van der Waals surface area (Å²) in [5.41, 5.74) is 0.745. The highest BCUT2D eigenvalue weighted by Gasteiger charge is 2.30. The van der Waals surface area contributed by atoms with Gasteiger partial charge in [-0.2, -0.15) is 0 Å². The van der Waals surface area contributed by atoms with E-state index in [2.05, 4.69) is 5.32 Å². The third-order valence-corrected chi connectivity index (χ3v) is 6.22. The molecule has 0 radical (unpaired) electrons. The van der Waals surface area contributed by atoms with Crippen LogP contribution in [-0.2, 0) is 26.2 Å². The lowest BCUT2D eigenvalue weighted by molar-refractivity contribution is -0.139. The molecule has 0 fully saturated rings. The number of benzene rings is 2. The van der Waals surface area contributed by atoms with Crippen LogP contribution in [0, 0.1) is 5.82 Å². The second-order valence-electron chi connectivity index (χ2n) is 7.03. The zero-order chi connectivity index (χ0) is 24.1. The zero-order valence-corrected chi connectivity index (χ0v) is 19.7. The number of halogens is 2. The van der Waals surface area contributed by atoms with Crippen molar-refractivity contribution in [3.05, 3.63) is 58.9 Å². The molecule has 0 aromatic heterocycles. The topological polar surface area (TPSA) is 96.0 Å². The Morgan fingerprint density at radius 1 is 1.19 bits per heavy atom. The van der Waals surface area contributed by atoms with Gasteiger partial charge in [-0.25, -0.2) is 12.8 Å². The smallest absolute Gasteiger partial charge is 0.244 e. The van der Waals surface area contributed by atoms with E-state index in [-0.39, 0.29) is 17.3 Å². The molecule has 1 atom stereocenters. The number of ether oxygens (including phenoxy) is 1. The van der Waals surface area contributed by atoms with Crippen LogP contribution in [0.25, 0.3) is 0 Å². The molecule has 2 aromatic carbocycles. The number of nitrogens with zero attached hydrogens (tertiary/aromatic N) is 2. The summed E-state index contributed by atoms with van der Waals surface area (Å²) in [6, 6.07) is 8.89. The van der Waals surface area contributed by atoms with Crippen molar-refractivity contribution in [3.63, 3.8) is 0 Å². The molecule has 32 heavy (non-hydrogen) atoms. The van der Waals surface area contributed by atoms with Crippen molar-refractivity contribution in [2.45, 2.75) is 19.5 Å². The van der Waals surface area contributed by atoms with Gasteiger partial charge in [0.2, 0.25) is 21.8 Å².